The molecule has 4 aromatic rings. The molecule has 14 heteroatoms. The number of aliphatic hydroxyl groups is 2. The van der Waals surface area contributed by atoms with Crippen LogP contribution < -0.4 is 25.4 Å². The second-order valence-corrected chi connectivity index (χ2v) is 12.2. The molecule has 2 atom stereocenters. The van der Waals surface area contributed by atoms with Crippen LogP contribution in [-0.2, 0) is 24.3 Å². The molecule has 1 amide bonds. The molecule has 0 saturated carbocycles. The Balaban J connectivity index is 1.30. The van der Waals surface area contributed by atoms with Gasteiger partial charge in [-0.2, -0.15) is 4.98 Å². The van der Waals surface area contributed by atoms with Gasteiger partial charge in [-0.15, -0.1) is 0 Å². The molecule has 2 aromatic carbocycles. The van der Waals surface area contributed by atoms with Gasteiger partial charge in [0, 0.05) is 43.5 Å². The van der Waals surface area contributed by atoms with Gasteiger partial charge in [0.05, 0.1) is 36.8 Å². The van der Waals surface area contributed by atoms with Crippen LogP contribution in [0.4, 0.5) is 5.82 Å². The third-order valence-corrected chi connectivity index (χ3v) is 8.65. The molecule has 0 radical (unpaired) electrons. The molecular weight excluding hydrogens is 673 g/mol. The van der Waals surface area contributed by atoms with Crippen molar-refractivity contribution in [3.8, 4) is 22.9 Å². The number of anilines is 1. The fraction of sp³-hybridized carbons (Fsp3) is 0.314. The quantitative estimate of drug-likeness (QED) is 0.0883. The number of aliphatic hydroxyl groups excluding tert-OH is 2. The highest BCUT2D eigenvalue weighted by Gasteiger charge is 2.29. The number of pyridine rings is 2. The van der Waals surface area contributed by atoms with Gasteiger partial charge in [-0.3, -0.25) is 9.59 Å². The number of aromatic nitrogens is 2. The first-order valence-electron chi connectivity index (χ1n) is 15.7. The zero-order valence-electron chi connectivity index (χ0n) is 26.7. The van der Waals surface area contributed by atoms with Crippen molar-refractivity contribution in [2.45, 2.75) is 44.6 Å². The standard InChI is InChI=1S/C35H37Cl2N5O7/c1-48-34-21(18-39-19-22(44)15-31(45)46)14-28(36)35(42-34)49-29-10-9-24-23(4-2-5-25(24)29)26-6-3-7-27(32(26)37)33(47)41-30-11-8-20(17-40-30)16-38-12-13-43/h2-8,11,14,17,22,29,38-39,43-44H,9-10,12-13,15-16,18-19H2,1H3,(H,45,46)(H,40,41,47)/t22?,29-/m0/s1. The van der Waals surface area contributed by atoms with Gasteiger partial charge in [0.15, 0.2) is 0 Å². The lowest BCUT2D eigenvalue weighted by Gasteiger charge is -2.18. The Morgan fingerprint density at radius 3 is 2.57 bits per heavy atom. The third-order valence-electron chi connectivity index (χ3n) is 7.97. The molecule has 6 N–H and O–H groups in total. The van der Waals surface area contributed by atoms with Crippen molar-refractivity contribution >= 4 is 40.9 Å². The highest BCUT2D eigenvalue weighted by atomic mass is 35.5. The van der Waals surface area contributed by atoms with E-state index in [0.29, 0.717) is 53.5 Å². The van der Waals surface area contributed by atoms with E-state index in [1.54, 1.807) is 30.5 Å². The number of nitrogens with one attached hydrogen (secondary N) is 3. The average Bonchev–Trinajstić information content (AvgIpc) is 3.49. The van der Waals surface area contributed by atoms with Gasteiger partial charge in [0.25, 0.3) is 5.91 Å². The maximum atomic E-state index is 13.3. The Morgan fingerprint density at radius 2 is 1.84 bits per heavy atom. The number of carboxylic acids is 1. The van der Waals surface area contributed by atoms with Gasteiger partial charge in [-0.1, -0.05) is 59.6 Å². The Hall–Kier alpha value is -4.30. The number of halogens is 2. The van der Waals surface area contributed by atoms with Gasteiger partial charge in [-0.25, -0.2) is 4.98 Å². The summed E-state index contributed by atoms with van der Waals surface area (Å²) < 4.78 is 11.8. The minimum absolute atomic E-state index is 0.0476. The molecule has 5 rings (SSSR count). The van der Waals surface area contributed by atoms with Crippen molar-refractivity contribution in [1.29, 1.82) is 0 Å². The van der Waals surface area contributed by atoms with Crippen molar-refractivity contribution in [3.63, 3.8) is 0 Å². The number of nitrogens with zero attached hydrogens (tertiary/aromatic N) is 2. The lowest BCUT2D eigenvalue weighted by molar-refractivity contribution is -0.139. The fourth-order valence-electron chi connectivity index (χ4n) is 5.67. The van der Waals surface area contributed by atoms with Crippen LogP contribution in [0.25, 0.3) is 11.1 Å². The van der Waals surface area contributed by atoms with Crippen LogP contribution in [0.3, 0.4) is 0 Å². The normalized spacial score (nSPS) is 14.3. The van der Waals surface area contributed by atoms with Crippen LogP contribution in [0.5, 0.6) is 11.8 Å². The van der Waals surface area contributed by atoms with Crippen LogP contribution in [-0.4, -0.2) is 70.1 Å². The summed E-state index contributed by atoms with van der Waals surface area (Å²) in [5.74, 6) is -0.588. The molecule has 0 saturated heterocycles. The average molecular weight is 711 g/mol. The number of aliphatic carboxylic acids is 1. The topological polar surface area (TPSA) is 175 Å². The predicted molar refractivity (Wildman–Crippen MR) is 185 cm³/mol. The molecule has 0 spiro atoms. The van der Waals surface area contributed by atoms with Crippen molar-refractivity contribution in [2.24, 2.45) is 0 Å². The van der Waals surface area contributed by atoms with E-state index >= 15 is 0 Å². The number of rotatable bonds is 16. The van der Waals surface area contributed by atoms with Crippen LogP contribution >= 0.6 is 23.2 Å². The molecule has 0 fully saturated rings. The number of fused-ring (bicyclic) bond motifs is 1. The Morgan fingerprint density at radius 1 is 1.04 bits per heavy atom. The number of carbonyl (C=O) groups is 2. The van der Waals surface area contributed by atoms with E-state index < -0.39 is 12.1 Å². The van der Waals surface area contributed by atoms with E-state index in [1.807, 2.05) is 30.3 Å². The second kappa shape index (κ2) is 16.9. The molecular formula is C35H37Cl2N5O7. The zero-order chi connectivity index (χ0) is 34.9. The molecule has 1 aliphatic rings. The molecule has 0 bridgehead atoms. The van der Waals surface area contributed by atoms with Crippen LogP contribution in [0.15, 0.2) is 60.8 Å². The smallest absolute Gasteiger partial charge is 0.306 e. The number of amides is 1. The Bertz CT molecular complexity index is 1790. The summed E-state index contributed by atoms with van der Waals surface area (Å²) in [6.07, 6.45) is 1.26. The van der Waals surface area contributed by atoms with Crippen molar-refractivity contribution in [3.05, 3.63) is 98.7 Å². The fourth-order valence-corrected chi connectivity index (χ4v) is 6.20. The third kappa shape index (κ3) is 9.04. The lowest BCUT2D eigenvalue weighted by Crippen LogP contribution is -2.28. The summed E-state index contributed by atoms with van der Waals surface area (Å²) >= 11 is 13.5. The number of ether oxygens (including phenoxy) is 2. The van der Waals surface area contributed by atoms with E-state index in [9.17, 15) is 14.7 Å². The van der Waals surface area contributed by atoms with Crippen molar-refractivity contribution < 1.29 is 34.4 Å². The van der Waals surface area contributed by atoms with E-state index in [4.69, 9.17) is 42.9 Å². The highest BCUT2D eigenvalue weighted by molar-refractivity contribution is 6.37. The SMILES string of the molecule is COc1nc(O[C@H]2CCc3c(-c4cccc(C(=O)Nc5ccc(CNCCO)cn5)c4Cl)cccc32)c(Cl)cc1CNCC(O)CC(=O)O. The molecule has 2 aromatic heterocycles. The Kier molecular flexibility index (Phi) is 12.4. The number of carbonyl (C=O) groups excluding carboxylic acids is 1. The molecule has 1 unspecified atom stereocenters. The summed E-state index contributed by atoms with van der Waals surface area (Å²) in [5, 5.41) is 37.1. The molecule has 12 nitrogen and oxygen atoms in total. The van der Waals surface area contributed by atoms with E-state index in [-0.39, 0.29) is 54.9 Å². The number of hydrogen-bond acceptors (Lipinski definition) is 10. The Labute approximate surface area is 293 Å². The summed E-state index contributed by atoms with van der Waals surface area (Å²) in [7, 11) is 1.48. The number of hydrogen-bond donors (Lipinski definition) is 6. The van der Waals surface area contributed by atoms with Crippen LogP contribution in [0.1, 0.15) is 51.6 Å². The van der Waals surface area contributed by atoms with Crippen molar-refractivity contribution in [1.82, 2.24) is 20.6 Å². The summed E-state index contributed by atoms with van der Waals surface area (Å²) in [4.78, 5) is 32.9. The van der Waals surface area contributed by atoms with Crippen LogP contribution in [0, 0.1) is 0 Å². The minimum atomic E-state index is -1.08. The molecule has 2 heterocycles. The van der Waals surface area contributed by atoms with E-state index in [0.717, 1.165) is 22.3 Å². The largest absolute Gasteiger partial charge is 0.481 e. The monoisotopic (exact) mass is 709 g/mol. The number of methoxy groups -OCH3 is 1. The number of carboxylic acid groups (broad SMARTS) is 1. The summed E-state index contributed by atoms with van der Waals surface area (Å²) in [6, 6.07) is 16.5. The van der Waals surface area contributed by atoms with Crippen molar-refractivity contribution in [2.75, 3.05) is 32.1 Å². The summed E-state index contributed by atoms with van der Waals surface area (Å²) in [5.41, 5.74) is 5.46. The zero-order valence-corrected chi connectivity index (χ0v) is 28.2. The second-order valence-electron chi connectivity index (χ2n) is 11.4. The minimum Gasteiger partial charge on any atom is -0.481 e. The highest BCUT2D eigenvalue weighted by Crippen LogP contribution is 2.43. The first-order valence-corrected chi connectivity index (χ1v) is 16.4. The summed E-state index contributed by atoms with van der Waals surface area (Å²) in [6.45, 7) is 1.39. The molecule has 49 heavy (non-hydrogen) atoms. The van der Waals surface area contributed by atoms with Gasteiger partial charge < -0.3 is 40.7 Å². The molecule has 258 valence electrons. The lowest BCUT2D eigenvalue weighted by atomic mass is 9.95. The molecule has 1 aliphatic carbocycles. The predicted octanol–water partition coefficient (Wildman–Crippen LogP) is 4.78. The number of benzene rings is 2. The first-order chi connectivity index (χ1) is 23.7. The maximum Gasteiger partial charge on any atom is 0.306 e. The van der Waals surface area contributed by atoms with Gasteiger partial charge in [0.2, 0.25) is 11.8 Å². The van der Waals surface area contributed by atoms with Gasteiger partial charge >= 0.3 is 5.97 Å². The maximum absolute atomic E-state index is 13.3. The molecule has 0 aliphatic heterocycles. The van der Waals surface area contributed by atoms with Gasteiger partial charge in [-0.05, 0) is 53.3 Å². The van der Waals surface area contributed by atoms with E-state index in [1.165, 1.54) is 7.11 Å². The van der Waals surface area contributed by atoms with Gasteiger partial charge in [0.1, 0.15) is 16.9 Å². The first kappa shape index (κ1) is 36.0. The van der Waals surface area contributed by atoms with E-state index in [2.05, 4.69) is 25.9 Å². The van der Waals surface area contributed by atoms with Crippen LogP contribution in [0.2, 0.25) is 10.0 Å².